The Morgan fingerprint density at radius 1 is 1.06 bits per heavy atom. The van der Waals surface area contributed by atoms with Crippen molar-refractivity contribution in [1.29, 1.82) is 0 Å². The van der Waals surface area contributed by atoms with Gasteiger partial charge in [-0.15, -0.1) is 0 Å². The number of rotatable bonds is 1. The lowest BCUT2D eigenvalue weighted by Gasteiger charge is -2.06. The summed E-state index contributed by atoms with van der Waals surface area (Å²) in [5.74, 6) is 0.584. The molecule has 1 N–H and O–H groups in total. The van der Waals surface area contributed by atoms with E-state index >= 15 is 0 Å². The summed E-state index contributed by atoms with van der Waals surface area (Å²) in [6, 6.07) is 9.75. The van der Waals surface area contributed by atoms with Crippen LogP contribution < -0.4 is 9.44 Å². The van der Waals surface area contributed by atoms with Crippen LogP contribution in [0.4, 0.5) is 0 Å². The van der Waals surface area contributed by atoms with Gasteiger partial charge in [-0.1, -0.05) is 30.3 Å². The maximum absolute atomic E-state index is 10.0. The summed E-state index contributed by atoms with van der Waals surface area (Å²) >= 11 is 1.33. The molecule has 2 aromatic rings. The van der Waals surface area contributed by atoms with E-state index in [9.17, 15) is 5.11 Å². The van der Waals surface area contributed by atoms with Crippen LogP contribution in [-0.2, 0) is 0 Å². The number of benzene rings is 1. The fraction of sp³-hybridized carbons (Fsp3) is 0.357. The van der Waals surface area contributed by atoms with E-state index in [2.05, 4.69) is 4.58 Å². The normalized spacial score (nSPS) is 15.9. The summed E-state index contributed by atoms with van der Waals surface area (Å²) in [6.07, 6.45) is 3.70. The molecule has 18 heavy (non-hydrogen) atoms. The van der Waals surface area contributed by atoms with Crippen LogP contribution >= 0.6 is 11.3 Å². The first-order chi connectivity index (χ1) is 8.84. The monoisotopic (exact) mass is 262 g/mol. The molecule has 2 heterocycles. The molecule has 94 valence electrons. The van der Waals surface area contributed by atoms with Crippen molar-refractivity contribution in [2.45, 2.75) is 19.3 Å². The Hall–Kier alpha value is -1.55. The Morgan fingerprint density at radius 2 is 1.78 bits per heavy atom. The zero-order chi connectivity index (χ0) is 12.4. The molecule has 1 aromatic carbocycles. The van der Waals surface area contributed by atoms with Gasteiger partial charge in [-0.25, -0.2) is 0 Å². The summed E-state index contributed by atoms with van der Waals surface area (Å²) in [6.45, 7) is 2.05. The number of hydrogen-bond donors (Lipinski definition) is 1. The molecule has 4 heteroatoms. The van der Waals surface area contributed by atoms with E-state index in [1.807, 2.05) is 30.3 Å². The van der Waals surface area contributed by atoms with Gasteiger partial charge in [0.05, 0.1) is 0 Å². The van der Waals surface area contributed by atoms with Gasteiger partial charge in [-0.05, 0) is 6.42 Å². The molecule has 0 spiro atoms. The van der Waals surface area contributed by atoms with Gasteiger partial charge in [-0.3, -0.25) is 0 Å². The summed E-state index contributed by atoms with van der Waals surface area (Å²) in [5, 5.41) is 10.3. The van der Waals surface area contributed by atoms with Crippen molar-refractivity contribution in [3.05, 3.63) is 35.2 Å². The van der Waals surface area contributed by atoms with Crippen LogP contribution in [0.5, 0.6) is 5.06 Å². The molecule has 1 aliphatic heterocycles. The van der Waals surface area contributed by atoms with Gasteiger partial charge >= 0.3 is 4.87 Å². The molecule has 0 radical (unpaired) electrons. The first-order valence-corrected chi connectivity index (χ1v) is 7.12. The maximum atomic E-state index is 10.0. The minimum Gasteiger partial charge on any atom is -0.497 e. The minimum atomic E-state index is 0.266. The SMILES string of the molecule is Oc1sc(=[N+]2CCCCC2)oc1-c1ccccc1. The summed E-state index contributed by atoms with van der Waals surface area (Å²) in [7, 11) is 0. The summed E-state index contributed by atoms with van der Waals surface area (Å²) < 4.78 is 8.06. The smallest absolute Gasteiger partial charge is 0.433 e. The highest BCUT2D eigenvalue weighted by Gasteiger charge is 2.19. The van der Waals surface area contributed by atoms with Crippen molar-refractivity contribution >= 4 is 11.3 Å². The third-order valence-electron chi connectivity index (χ3n) is 3.22. The van der Waals surface area contributed by atoms with Crippen LogP contribution in [0.25, 0.3) is 11.3 Å². The topological polar surface area (TPSA) is 36.4 Å². The lowest BCUT2D eigenvalue weighted by molar-refractivity contribution is 0.388. The summed E-state index contributed by atoms with van der Waals surface area (Å²) in [5.41, 5.74) is 0.925. The van der Waals surface area contributed by atoms with E-state index in [1.54, 1.807) is 0 Å². The van der Waals surface area contributed by atoms with Crippen LogP contribution in [0.3, 0.4) is 0 Å². The highest BCUT2D eigenvalue weighted by molar-refractivity contribution is 7.11. The van der Waals surface area contributed by atoms with Gasteiger partial charge in [0.2, 0.25) is 5.06 Å². The average Bonchev–Trinajstić information content (AvgIpc) is 2.83. The molecule has 1 aromatic heterocycles. The Morgan fingerprint density at radius 3 is 2.50 bits per heavy atom. The van der Waals surface area contributed by atoms with E-state index in [4.69, 9.17) is 4.42 Å². The van der Waals surface area contributed by atoms with Crippen molar-refractivity contribution in [3.63, 3.8) is 0 Å². The first-order valence-electron chi connectivity index (χ1n) is 6.31. The summed E-state index contributed by atoms with van der Waals surface area (Å²) in [4.78, 5) is 0.825. The molecule has 1 saturated heterocycles. The van der Waals surface area contributed by atoms with E-state index < -0.39 is 0 Å². The molecule has 3 rings (SSSR count). The lowest BCUT2D eigenvalue weighted by atomic mass is 10.2. The van der Waals surface area contributed by atoms with Crippen molar-refractivity contribution < 1.29 is 9.52 Å². The van der Waals surface area contributed by atoms with Crippen LogP contribution in [0.2, 0.25) is 0 Å². The Labute approximate surface area is 110 Å². The van der Waals surface area contributed by atoms with E-state index in [0.29, 0.717) is 5.76 Å². The fourth-order valence-corrected chi connectivity index (χ4v) is 3.11. The first kappa shape index (κ1) is 11.5. The lowest BCUT2D eigenvalue weighted by Crippen LogP contribution is -2.32. The van der Waals surface area contributed by atoms with E-state index in [0.717, 1.165) is 23.5 Å². The highest BCUT2D eigenvalue weighted by atomic mass is 32.1. The fourth-order valence-electron chi connectivity index (χ4n) is 2.26. The molecule has 0 saturated carbocycles. The van der Waals surface area contributed by atoms with Crippen molar-refractivity contribution in [1.82, 2.24) is 4.58 Å². The molecule has 0 unspecified atom stereocenters. The molecular weight excluding hydrogens is 246 g/mol. The van der Waals surface area contributed by atoms with Crippen molar-refractivity contribution in [2.75, 3.05) is 13.1 Å². The molecule has 1 fully saturated rings. The van der Waals surface area contributed by atoms with Crippen LogP contribution in [-0.4, -0.2) is 18.2 Å². The standard InChI is InChI=1S/C14H15NO2S/c16-13-12(11-7-3-1-4-8-11)17-14(18-13)15-9-5-2-6-10-15/h1,3-4,7-8H,2,5-6,9-10H2/p+1. The minimum absolute atomic E-state index is 0.266. The Bertz CT molecular complexity index is 590. The van der Waals surface area contributed by atoms with Crippen molar-refractivity contribution in [3.8, 4) is 16.4 Å². The predicted molar refractivity (Wildman–Crippen MR) is 72.5 cm³/mol. The van der Waals surface area contributed by atoms with Gasteiger partial charge < -0.3 is 9.52 Å². The van der Waals surface area contributed by atoms with Crippen molar-refractivity contribution in [2.24, 2.45) is 0 Å². The third kappa shape index (κ3) is 2.20. The highest BCUT2D eigenvalue weighted by Crippen LogP contribution is 2.30. The molecule has 0 bridgehead atoms. The van der Waals surface area contributed by atoms with Gasteiger partial charge in [0.15, 0.2) is 5.76 Å². The second-order valence-electron chi connectivity index (χ2n) is 4.52. The molecular formula is C14H16NO2S+. The quantitative estimate of drug-likeness (QED) is 0.802. The van der Waals surface area contributed by atoms with Gasteiger partial charge in [0, 0.05) is 29.7 Å². The number of piperidine rings is 1. The van der Waals surface area contributed by atoms with Crippen LogP contribution in [0.1, 0.15) is 19.3 Å². The predicted octanol–water partition coefficient (Wildman–Crippen LogP) is 2.67. The molecule has 0 amide bonds. The molecule has 0 aliphatic carbocycles. The zero-order valence-electron chi connectivity index (χ0n) is 10.1. The Kier molecular flexibility index (Phi) is 3.19. The second-order valence-corrected chi connectivity index (χ2v) is 5.46. The number of hydrogen-bond acceptors (Lipinski definition) is 3. The second kappa shape index (κ2) is 4.98. The molecule has 3 nitrogen and oxygen atoms in total. The van der Waals surface area contributed by atoms with Gasteiger partial charge in [0.25, 0.3) is 0 Å². The molecule has 1 aliphatic rings. The Balaban J connectivity index is 2.06. The van der Waals surface area contributed by atoms with Gasteiger partial charge in [-0.2, -0.15) is 4.58 Å². The van der Waals surface area contributed by atoms with E-state index in [-0.39, 0.29) is 5.06 Å². The van der Waals surface area contributed by atoms with Crippen LogP contribution in [0, 0.1) is 0 Å². The number of aromatic hydroxyl groups is 1. The zero-order valence-corrected chi connectivity index (χ0v) is 10.9. The maximum Gasteiger partial charge on any atom is 0.433 e. The average molecular weight is 262 g/mol. The van der Waals surface area contributed by atoms with Gasteiger partial charge in [0.1, 0.15) is 13.1 Å². The van der Waals surface area contributed by atoms with Crippen LogP contribution in [0.15, 0.2) is 34.7 Å². The number of nitrogens with zero attached hydrogens (tertiary/aromatic N) is 1. The third-order valence-corrected chi connectivity index (χ3v) is 4.11. The van der Waals surface area contributed by atoms with E-state index in [1.165, 1.54) is 30.6 Å². The molecule has 0 atom stereocenters. The largest absolute Gasteiger partial charge is 0.497 e.